The van der Waals surface area contributed by atoms with Gasteiger partial charge in [0, 0.05) is 19.4 Å². The quantitative estimate of drug-likeness (QED) is 0.0264. The minimum Gasteiger partial charge on any atom is -0.462 e. The molecular formula is C65H104NO8P. The lowest BCUT2D eigenvalue weighted by Gasteiger charge is -2.19. The van der Waals surface area contributed by atoms with Crippen molar-refractivity contribution in [3.63, 3.8) is 0 Å². The van der Waals surface area contributed by atoms with E-state index < -0.39 is 32.5 Å². The molecule has 0 rings (SSSR count). The van der Waals surface area contributed by atoms with Crippen molar-refractivity contribution < 1.29 is 37.6 Å². The van der Waals surface area contributed by atoms with Gasteiger partial charge in [-0.3, -0.25) is 18.6 Å². The predicted molar refractivity (Wildman–Crippen MR) is 320 cm³/mol. The van der Waals surface area contributed by atoms with E-state index in [1.165, 1.54) is 57.8 Å². The number of unbranched alkanes of at least 4 members (excludes halogenated alkanes) is 13. The van der Waals surface area contributed by atoms with E-state index in [1.807, 2.05) is 6.08 Å². The molecular weight excluding hydrogens is 954 g/mol. The van der Waals surface area contributed by atoms with Crippen LogP contribution in [0.2, 0.25) is 0 Å². The molecule has 0 saturated heterocycles. The van der Waals surface area contributed by atoms with E-state index in [9.17, 15) is 19.0 Å². The molecule has 0 aliphatic rings. The van der Waals surface area contributed by atoms with Crippen LogP contribution < -0.4 is 5.73 Å². The third-order valence-corrected chi connectivity index (χ3v) is 12.4. The number of hydrogen-bond acceptors (Lipinski definition) is 8. The molecule has 2 atom stereocenters. The molecule has 0 saturated carbocycles. The van der Waals surface area contributed by atoms with Crippen LogP contribution in [0.1, 0.15) is 206 Å². The van der Waals surface area contributed by atoms with E-state index in [1.54, 1.807) is 0 Å². The average Bonchev–Trinajstić information content (AvgIpc) is 3.40. The molecule has 0 aromatic carbocycles. The van der Waals surface area contributed by atoms with Crippen molar-refractivity contribution in [3.05, 3.63) is 158 Å². The third-order valence-electron chi connectivity index (χ3n) is 11.4. The fourth-order valence-corrected chi connectivity index (χ4v) is 7.98. The second-order valence-electron chi connectivity index (χ2n) is 18.4. The normalized spacial score (nSPS) is 14.2. The first-order valence-electron chi connectivity index (χ1n) is 29.0. The first-order valence-corrected chi connectivity index (χ1v) is 30.5. The van der Waals surface area contributed by atoms with Gasteiger partial charge in [0.05, 0.1) is 13.2 Å². The van der Waals surface area contributed by atoms with Gasteiger partial charge in [-0.15, -0.1) is 0 Å². The number of nitrogens with two attached hydrogens (primary N) is 1. The highest BCUT2D eigenvalue weighted by molar-refractivity contribution is 7.47. The average molecular weight is 1060 g/mol. The van der Waals surface area contributed by atoms with E-state index >= 15 is 0 Å². The minimum atomic E-state index is -4.42. The summed E-state index contributed by atoms with van der Waals surface area (Å²) in [6.07, 6.45) is 85.9. The van der Waals surface area contributed by atoms with Crippen LogP contribution >= 0.6 is 7.82 Å². The zero-order chi connectivity index (χ0) is 54.5. The van der Waals surface area contributed by atoms with Crippen LogP contribution in [0.15, 0.2) is 158 Å². The van der Waals surface area contributed by atoms with Crippen molar-refractivity contribution in [2.75, 3.05) is 26.4 Å². The number of carbonyl (C=O) groups is 2. The topological polar surface area (TPSA) is 134 Å². The fraction of sp³-hybridized carbons (Fsp3) is 0.569. The molecule has 0 heterocycles. The molecule has 2 unspecified atom stereocenters. The monoisotopic (exact) mass is 1060 g/mol. The minimum absolute atomic E-state index is 0.0352. The van der Waals surface area contributed by atoms with Crippen molar-refractivity contribution in [2.24, 2.45) is 5.73 Å². The number of carbonyl (C=O) groups excluding carboxylic acids is 2. The standard InChI is InChI=1S/C65H104NO8P/c1-3-5-7-9-11-13-15-17-19-21-23-25-27-28-29-30-31-32-33-34-36-37-39-41-43-45-47-49-51-53-55-57-64(67)71-61-63(62-73-75(69,70)72-60-59-66)74-65(68)58-56-54-52-50-48-46-44-42-40-38-35-26-24-22-20-18-16-14-12-10-8-6-4-2/h5-8,11-14,17-20,23-26,28-29,31-32,38,40,44,46,50,52,63H,3-4,9-10,15-16,21-22,27,30,33-37,39,41-43,45,47-49,51,53-62,66H2,1-2H3,(H,69,70)/b7-5-,8-6-,13-11-,14-12-,19-17-,20-18-,25-23-,26-24-,29-28-,32-31-,40-38-,46-44-,52-50-. The number of phosphoric acid groups is 1. The van der Waals surface area contributed by atoms with E-state index in [-0.39, 0.29) is 32.6 Å². The lowest BCUT2D eigenvalue weighted by molar-refractivity contribution is -0.161. The Bertz CT molecular complexity index is 1780. The molecule has 0 radical (unpaired) electrons. The lowest BCUT2D eigenvalue weighted by Crippen LogP contribution is -2.29. The SMILES string of the molecule is CC/C=C\C/C=C\C/C=C\C/C=C\C/C=C\C/C=C\C/C=C\CCCC(=O)OC(COC(=O)CCCCCCCCCCCCCC/C=C\C/C=C\C/C=C\C/C=C\C/C=C\C/C=C\CC)COP(=O)(O)OCCN. The molecule has 422 valence electrons. The Balaban J connectivity index is 4.09. The van der Waals surface area contributed by atoms with Crippen molar-refractivity contribution in [3.8, 4) is 0 Å². The Hall–Kier alpha value is -4.37. The number of phosphoric ester groups is 1. The largest absolute Gasteiger partial charge is 0.472 e. The molecule has 75 heavy (non-hydrogen) atoms. The number of esters is 2. The second-order valence-corrected chi connectivity index (χ2v) is 19.8. The summed E-state index contributed by atoms with van der Waals surface area (Å²) in [5.74, 6) is -0.912. The highest BCUT2D eigenvalue weighted by Gasteiger charge is 2.26. The summed E-state index contributed by atoms with van der Waals surface area (Å²) in [5.41, 5.74) is 5.38. The summed E-state index contributed by atoms with van der Waals surface area (Å²) in [6.45, 7) is 3.42. The molecule has 0 aliphatic carbocycles. The number of rotatable bonds is 52. The number of hydrogen-bond donors (Lipinski definition) is 2. The second kappa shape index (κ2) is 58.9. The maximum atomic E-state index is 12.7. The Morgan fingerprint density at radius 3 is 1.07 bits per heavy atom. The van der Waals surface area contributed by atoms with E-state index in [4.69, 9.17) is 24.3 Å². The highest BCUT2D eigenvalue weighted by Crippen LogP contribution is 2.43. The molecule has 3 N–H and O–H groups in total. The van der Waals surface area contributed by atoms with Gasteiger partial charge in [0.1, 0.15) is 6.61 Å². The first kappa shape index (κ1) is 70.6. The summed E-state index contributed by atoms with van der Waals surface area (Å²) < 4.78 is 33.0. The Morgan fingerprint density at radius 2 is 0.707 bits per heavy atom. The molecule has 10 heteroatoms. The van der Waals surface area contributed by atoms with Crippen LogP contribution in [0.25, 0.3) is 0 Å². The Labute approximate surface area is 458 Å². The van der Waals surface area contributed by atoms with Crippen molar-refractivity contribution in [2.45, 2.75) is 213 Å². The molecule has 0 spiro atoms. The van der Waals surface area contributed by atoms with Gasteiger partial charge in [0.15, 0.2) is 6.10 Å². The highest BCUT2D eigenvalue weighted by atomic mass is 31.2. The van der Waals surface area contributed by atoms with Gasteiger partial charge >= 0.3 is 19.8 Å². The maximum Gasteiger partial charge on any atom is 0.472 e. The molecule has 0 bridgehead atoms. The maximum absolute atomic E-state index is 12.7. The van der Waals surface area contributed by atoms with Gasteiger partial charge in [0.2, 0.25) is 0 Å². The van der Waals surface area contributed by atoms with Crippen LogP contribution in [0.5, 0.6) is 0 Å². The van der Waals surface area contributed by atoms with Crippen molar-refractivity contribution in [1.82, 2.24) is 0 Å². The van der Waals surface area contributed by atoms with E-state index in [2.05, 4.69) is 166 Å². The van der Waals surface area contributed by atoms with Gasteiger partial charge in [-0.25, -0.2) is 4.57 Å². The molecule has 0 fully saturated rings. The lowest BCUT2D eigenvalue weighted by atomic mass is 10.0. The molecule has 0 aromatic heterocycles. The summed E-state index contributed by atoms with van der Waals surface area (Å²) in [7, 11) is -4.42. The Kier molecular flexibility index (Phi) is 55.5. The van der Waals surface area contributed by atoms with E-state index in [0.717, 1.165) is 103 Å². The van der Waals surface area contributed by atoms with Gasteiger partial charge in [-0.1, -0.05) is 236 Å². The predicted octanol–water partition coefficient (Wildman–Crippen LogP) is 18.5. The van der Waals surface area contributed by atoms with Gasteiger partial charge in [-0.05, 0) is 116 Å². The van der Waals surface area contributed by atoms with Crippen molar-refractivity contribution in [1.29, 1.82) is 0 Å². The van der Waals surface area contributed by atoms with Crippen molar-refractivity contribution >= 4 is 19.8 Å². The number of ether oxygens (including phenoxy) is 2. The molecule has 0 amide bonds. The third kappa shape index (κ3) is 58.7. The molecule has 0 aliphatic heterocycles. The van der Waals surface area contributed by atoms with Crippen LogP contribution in [-0.2, 0) is 32.7 Å². The summed E-state index contributed by atoms with van der Waals surface area (Å²) in [4.78, 5) is 35.2. The zero-order valence-electron chi connectivity index (χ0n) is 47.0. The smallest absolute Gasteiger partial charge is 0.462 e. The van der Waals surface area contributed by atoms with Crippen LogP contribution in [0.3, 0.4) is 0 Å². The Morgan fingerprint density at radius 1 is 0.400 bits per heavy atom. The van der Waals surface area contributed by atoms with Crippen LogP contribution in [0.4, 0.5) is 0 Å². The van der Waals surface area contributed by atoms with Gasteiger partial charge in [0.25, 0.3) is 0 Å². The zero-order valence-corrected chi connectivity index (χ0v) is 47.9. The van der Waals surface area contributed by atoms with Gasteiger partial charge in [-0.2, -0.15) is 0 Å². The van der Waals surface area contributed by atoms with Crippen LogP contribution in [-0.4, -0.2) is 49.3 Å². The van der Waals surface area contributed by atoms with Gasteiger partial charge < -0.3 is 20.1 Å². The van der Waals surface area contributed by atoms with Crippen LogP contribution in [0, 0.1) is 0 Å². The molecule has 0 aromatic rings. The van der Waals surface area contributed by atoms with E-state index in [0.29, 0.717) is 19.3 Å². The summed E-state index contributed by atoms with van der Waals surface area (Å²) in [6, 6.07) is 0. The summed E-state index contributed by atoms with van der Waals surface area (Å²) in [5, 5.41) is 0. The molecule has 9 nitrogen and oxygen atoms in total. The number of allylic oxidation sites excluding steroid dienone is 26. The first-order chi connectivity index (χ1) is 36.8. The fourth-order valence-electron chi connectivity index (χ4n) is 7.22. The summed E-state index contributed by atoms with van der Waals surface area (Å²) >= 11 is 0.